The number of para-hydroxylation sites is 1. The van der Waals surface area contributed by atoms with Gasteiger partial charge in [0.25, 0.3) is 0 Å². The van der Waals surface area contributed by atoms with Crippen molar-refractivity contribution < 1.29 is 4.42 Å². The molecular weight excluding hydrogens is 330 g/mol. The van der Waals surface area contributed by atoms with E-state index in [2.05, 4.69) is 44.8 Å². The van der Waals surface area contributed by atoms with Crippen molar-refractivity contribution in [3.63, 3.8) is 0 Å². The topological polar surface area (TPSA) is 41.3 Å². The Morgan fingerprint density at radius 3 is 2.92 bits per heavy atom. The molecule has 3 aromatic rings. The van der Waals surface area contributed by atoms with Gasteiger partial charge in [0, 0.05) is 23.0 Å². The number of fused-ring (bicyclic) bond motifs is 1. The van der Waals surface area contributed by atoms with Gasteiger partial charge < -0.3 is 9.73 Å². The highest BCUT2D eigenvalue weighted by molar-refractivity contribution is 7.09. The lowest BCUT2D eigenvalue weighted by molar-refractivity contribution is 0.177. The normalized spacial score (nSPS) is 22.0. The summed E-state index contributed by atoms with van der Waals surface area (Å²) < 4.78 is 6.10. The van der Waals surface area contributed by atoms with Crippen molar-refractivity contribution in [2.75, 3.05) is 13.1 Å². The Morgan fingerprint density at radius 1 is 1.24 bits per heavy atom. The summed E-state index contributed by atoms with van der Waals surface area (Å²) in [6.45, 7) is 4.11. The van der Waals surface area contributed by atoms with Gasteiger partial charge in [0.05, 0.1) is 13.1 Å². The minimum atomic E-state index is 0.522. The van der Waals surface area contributed by atoms with E-state index in [1.165, 1.54) is 29.7 Å². The van der Waals surface area contributed by atoms with Gasteiger partial charge >= 0.3 is 0 Å². The molecule has 1 atom stereocenters. The summed E-state index contributed by atoms with van der Waals surface area (Å²) in [6, 6.07) is 11.1. The van der Waals surface area contributed by atoms with Crippen molar-refractivity contribution in [2.24, 2.45) is 5.41 Å². The number of furan rings is 1. The van der Waals surface area contributed by atoms with E-state index in [0.29, 0.717) is 11.5 Å². The molecule has 2 aromatic heterocycles. The highest BCUT2D eigenvalue weighted by Crippen LogP contribution is 2.56. The molecule has 1 spiro atoms. The molecule has 1 saturated heterocycles. The van der Waals surface area contributed by atoms with E-state index < -0.39 is 0 Å². The lowest BCUT2D eigenvalue weighted by Gasteiger charge is -2.28. The lowest BCUT2D eigenvalue weighted by Crippen LogP contribution is -2.35. The largest absolute Gasteiger partial charge is 0.460 e. The fourth-order valence-corrected chi connectivity index (χ4v) is 5.04. The fourth-order valence-electron chi connectivity index (χ4n) is 4.40. The molecule has 0 radical (unpaired) electrons. The van der Waals surface area contributed by atoms with Gasteiger partial charge in [-0.15, -0.1) is 11.3 Å². The first-order valence-electron chi connectivity index (χ1n) is 9.13. The van der Waals surface area contributed by atoms with Crippen LogP contribution in [0.5, 0.6) is 0 Å². The third-order valence-electron chi connectivity index (χ3n) is 5.84. The number of hydrogen-bond acceptors (Lipinski definition) is 5. The molecule has 1 N–H and O–H groups in total. The summed E-state index contributed by atoms with van der Waals surface area (Å²) in [4.78, 5) is 7.12. The summed E-state index contributed by atoms with van der Waals surface area (Å²) >= 11 is 1.75. The van der Waals surface area contributed by atoms with E-state index in [-0.39, 0.29) is 0 Å². The second-order valence-electron chi connectivity index (χ2n) is 7.41. The van der Waals surface area contributed by atoms with Crippen molar-refractivity contribution in [3.05, 3.63) is 52.7 Å². The third-order valence-corrected chi connectivity index (χ3v) is 6.61. The number of hydrogen-bond donors (Lipinski definition) is 1. The maximum Gasteiger partial charge on any atom is 0.134 e. The Kier molecular flexibility index (Phi) is 3.88. The van der Waals surface area contributed by atoms with Gasteiger partial charge in [-0.3, -0.25) is 4.90 Å². The predicted octanol–water partition coefficient (Wildman–Crippen LogP) is 4.03. The predicted molar refractivity (Wildman–Crippen MR) is 101 cm³/mol. The smallest absolute Gasteiger partial charge is 0.134 e. The molecule has 25 heavy (non-hydrogen) atoms. The number of thiazole rings is 1. The van der Waals surface area contributed by atoms with Gasteiger partial charge in [0.15, 0.2) is 0 Å². The van der Waals surface area contributed by atoms with Gasteiger partial charge in [0.2, 0.25) is 0 Å². The number of piperidine rings is 1. The molecule has 0 bridgehead atoms. The van der Waals surface area contributed by atoms with Crippen LogP contribution < -0.4 is 5.32 Å². The Balaban J connectivity index is 1.39. The van der Waals surface area contributed by atoms with E-state index in [1.807, 2.05) is 12.3 Å². The molecule has 3 heterocycles. The minimum Gasteiger partial charge on any atom is -0.460 e. The first kappa shape index (κ1) is 15.6. The molecular formula is C20H23N3OS. The van der Waals surface area contributed by atoms with Gasteiger partial charge in [-0.2, -0.15) is 0 Å². The number of benzene rings is 1. The average molecular weight is 353 g/mol. The number of rotatable bonds is 5. The van der Waals surface area contributed by atoms with E-state index in [9.17, 15) is 0 Å². The summed E-state index contributed by atoms with van der Waals surface area (Å²) in [5.74, 6) is 1.06. The minimum absolute atomic E-state index is 0.522. The van der Waals surface area contributed by atoms with E-state index >= 15 is 0 Å². The molecule has 1 aliphatic carbocycles. The van der Waals surface area contributed by atoms with Gasteiger partial charge in [0.1, 0.15) is 16.4 Å². The van der Waals surface area contributed by atoms with Crippen LogP contribution in [0, 0.1) is 5.41 Å². The zero-order valence-electron chi connectivity index (χ0n) is 14.3. The zero-order chi connectivity index (χ0) is 16.7. The fraction of sp³-hybridized carbons (Fsp3) is 0.450. The highest BCUT2D eigenvalue weighted by atomic mass is 32.1. The van der Waals surface area contributed by atoms with Crippen LogP contribution in [-0.4, -0.2) is 29.0 Å². The number of aromatic nitrogens is 1. The molecule has 5 rings (SSSR count). The van der Waals surface area contributed by atoms with Crippen molar-refractivity contribution in [2.45, 2.75) is 38.4 Å². The summed E-state index contributed by atoms with van der Waals surface area (Å²) in [7, 11) is 0. The highest BCUT2D eigenvalue weighted by Gasteiger charge is 2.56. The molecule has 0 amide bonds. The maximum absolute atomic E-state index is 6.10. The summed E-state index contributed by atoms with van der Waals surface area (Å²) in [5.41, 5.74) is 1.51. The number of nitrogens with one attached hydrogen (secondary N) is 1. The number of nitrogens with zero attached hydrogens (tertiary/aromatic N) is 2. The van der Waals surface area contributed by atoms with Gasteiger partial charge in [-0.25, -0.2) is 4.98 Å². The molecule has 1 aromatic carbocycles. The second kappa shape index (κ2) is 6.24. The van der Waals surface area contributed by atoms with Crippen LogP contribution >= 0.6 is 11.3 Å². The SMILES string of the molecule is c1ccc2oc(CN(Cc3nccs3)[C@H]3CC34CCNCC4)cc2c1. The third kappa shape index (κ3) is 3.01. The van der Waals surface area contributed by atoms with Crippen LogP contribution in [0.1, 0.15) is 30.0 Å². The molecule has 4 nitrogen and oxygen atoms in total. The first-order chi connectivity index (χ1) is 12.3. The van der Waals surface area contributed by atoms with Crippen molar-refractivity contribution >= 4 is 22.3 Å². The first-order valence-corrected chi connectivity index (χ1v) is 10.0. The van der Waals surface area contributed by atoms with Gasteiger partial charge in [-0.05, 0) is 49.9 Å². The Bertz CT molecular complexity index is 818. The summed E-state index contributed by atoms with van der Waals surface area (Å²) in [5, 5.41) is 7.97. The molecule has 5 heteroatoms. The lowest BCUT2D eigenvalue weighted by atomic mass is 9.93. The van der Waals surface area contributed by atoms with E-state index in [1.54, 1.807) is 11.3 Å². The Labute approximate surface area is 151 Å². The van der Waals surface area contributed by atoms with Crippen LogP contribution in [0.3, 0.4) is 0 Å². The standard InChI is InChI=1S/C20H23N3OS/c1-2-4-17-15(3-1)11-16(24-17)13-23(14-19-22-9-10-25-19)18-12-20(18)5-7-21-8-6-20/h1-4,9-11,18,21H,5-8,12-14H2/t18-/m0/s1. The van der Waals surface area contributed by atoms with E-state index in [4.69, 9.17) is 4.42 Å². The van der Waals surface area contributed by atoms with Crippen LogP contribution in [0.2, 0.25) is 0 Å². The molecule has 130 valence electrons. The molecule has 1 aliphatic heterocycles. The molecule has 0 unspecified atom stereocenters. The molecule has 2 aliphatic rings. The van der Waals surface area contributed by atoms with Crippen LogP contribution in [-0.2, 0) is 13.1 Å². The average Bonchev–Trinajstić information content (AvgIpc) is 3.02. The monoisotopic (exact) mass is 353 g/mol. The van der Waals surface area contributed by atoms with Crippen molar-refractivity contribution in [1.29, 1.82) is 0 Å². The molecule has 1 saturated carbocycles. The van der Waals surface area contributed by atoms with Crippen molar-refractivity contribution in [3.8, 4) is 0 Å². The van der Waals surface area contributed by atoms with Crippen molar-refractivity contribution in [1.82, 2.24) is 15.2 Å². The Hall–Kier alpha value is -1.69. The summed E-state index contributed by atoms with van der Waals surface area (Å²) in [6.07, 6.45) is 5.82. The van der Waals surface area contributed by atoms with E-state index in [0.717, 1.165) is 37.5 Å². The second-order valence-corrected chi connectivity index (χ2v) is 8.39. The van der Waals surface area contributed by atoms with Crippen LogP contribution in [0.25, 0.3) is 11.0 Å². The van der Waals surface area contributed by atoms with Crippen LogP contribution in [0.15, 0.2) is 46.3 Å². The maximum atomic E-state index is 6.10. The quantitative estimate of drug-likeness (QED) is 0.752. The zero-order valence-corrected chi connectivity index (χ0v) is 15.1. The molecule has 2 fully saturated rings. The Morgan fingerprint density at radius 2 is 2.12 bits per heavy atom. The van der Waals surface area contributed by atoms with Crippen LogP contribution in [0.4, 0.5) is 0 Å². The van der Waals surface area contributed by atoms with Gasteiger partial charge in [-0.1, -0.05) is 18.2 Å².